The topological polar surface area (TPSA) is 38.7 Å². The molecule has 3 aromatic heterocycles. The molecule has 9 aromatic rings. The minimum atomic E-state index is 0.910. The molecule has 0 fully saturated rings. The molecule has 0 unspecified atom stereocenters. The molecule has 3 heterocycles. The van der Waals surface area contributed by atoms with Crippen molar-refractivity contribution < 1.29 is 0 Å². The molecular weight excluding hydrogens is 534 g/mol. The van der Waals surface area contributed by atoms with Crippen molar-refractivity contribution in [1.29, 1.82) is 0 Å². The van der Waals surface area contributed by atoms with Gasteiger partial charge in [0.25, 0.3) is 0 Å². The summed E-state index contributed by atoms with van der Waals surface area (Å²) in [7, 11) is 0. The smallest absolute Gasteiger partial charge is 0.0979 e. The lowest BCUT2D eigenvalue weighted by atomic mass is 9.88. The lowest BCUT2D eigenvalue weighted by molar-refractivity contribution is 1.33. The van der Waals surface area contributed by atoms with Crippen molar-refractivity contribution in [3.05, 3.63) is 140 Å². The Morgan fingerprint density at radius 1 is 0.386 bits per heavy atom. The minimum Gasteiger partial charge on any atom is -0.256 e. The highest BCUT2D eigenvalue weighted by Gasteiger charge is 2.27. The third-order valence-corrected chi connectivity index (χ3v) is 9.24. The van der Waals surface area contributed by atoms with Crippen LogP contribution in [-0.4, -0.2) is 15.0 Å². The molecule has 10 rings (SSSR count). The van der Waals surface area contributed by atoms with Gasteiger partial charge in [-0.2, -0.15) is 0 Å². The van der Waals surface area contributed by atoms with Gasteiger partial charge in [-0.1, -0.05) is 91.0 Å². The molecule has 0 N–H and O–H groups in total. The molecule has 202 valence electrons. The van der Waals surface area contributed by atoms with Gasteiger partial charge in [-0.05, 0) is 85.4 Å². The van der Waals surface area contributed by atoms with Gasteiger partial charge in [0.05, 0.1) is 22.4 Å². The van der Waals surface area contributed by atoms with E-state index in [0.717, 1.165) is 44.3 Å². The van der Waals surface area contributed by atoms with E-state index in [-0.39, 0.29) is 0 Å². The number of nitrogens with zero attached hydrogens (tertiary/aromatic N) is 3. The highest BCUT2D eigenvalue weighted by molar-refractivity contribution is 6.24. The number of rotatable bonds is 2. The van der Waals surface area contributed by atoms with Crippen LogP contribution in [0.5, 0.6) is 0 Å². The summed E-state index contributed by atoms with van der Waals surface area (Å²) in [6.45, 7) is 0. The van der Waals surface area contributed by atoms with Crippen molar-refractivity contribution in [2.45, 2.75) is 0 Å². The fourth-order valence-electron chi connectivity index (χ4n) is 7.36. The van der Waals surface area contributed by atoms with Crippen LogP contribution in [0.2, 0.25) is 0 Å². The summed E-state index contributed by atoms with van der Waals surface area (Å²) in [5.74, 6) is 0. The molecule has 0 saturated carbocycles. The lowest BCUT2D eigenvalue weighted by Crippen LogP contribution is -1.93. The van der Waals surface area contributed by atoms with E-state index in [1.165, 1.54) is 54.6 Å². The summed E-state index contributed by atoms with van der Waals surface area (Å²) in [5.41, 5.74) is 10.9. The third kappa shape index (κ3) is 3.18. The molecule has 0 aliphatic heterocycles. The van der Waals surface area contributed by atoms with Gasteiger partial charge in [-0.3, -0.25) is 9.97 Å². The second kappa shape index (κ2) is 8.79. The predicted octanol–water partition coefficient (Wildman–Crippen LogP) is 10.6. The summed E-state index contributed by atoms with van der Waals surface area (Å²) >= 11 is 0. The quantitative estimate of drug-likeness (QED) is 0.157. The average molecular weight is 558 g/mol. The fourth-order valence-corrected chi connectivity index (χ4v) is 7.36. The molecule has 0 amide bonds. The van der Waals surface area contributed by atoms with Gasteiger partial charge in [0.1, 0.15) is 0 Å². The van der Waals surface area contributed by atoms with Crippen LogP contribution in [0.1, 0.15) is 0 Å². The molecule has 0 radical (unpaired) electrons. The van der Waals surface area contributed by atoms with Crippen LogP contribution in [0.25, 0.3) is 98.9 Å². The first-order valence-electron chi connectivity index (χ1n) is 14.9. The molecule has 6 aromatic carbocycles. The molecule has 1 aliphatic rings. The zero-order chi connectivity index (χ0) is 28.8. The Morgan fingerprint density at radius 3 is 1.93 bits per heavy atom. The molecular formula is C41H23N3. The standard InChI is InChI=1S/C41H23N3/c1-3-12-27-24(9-1)21-25-10-2-4-13-28(25)37(27)30-17-18-31-34-23-35-33(36-16-5-6-19-42-36)22-26-11-8-20-43-39(26)41(35)44-40(34)32-15-7-14-29(30)38(31)32/h1-23H. The van der Waals surface area contributed by atoms with Crippen molar-refractivity contribution in [1.82, 2.24) is 15.0 Å². The van der Waals surface area contributed by atoms with Crippen molar-refractivity contribution in [2.75, 3.05) is 0 Å². The summed E-state index contributed by atoms with van der Waals surface area (Å²) in [6, 6.07) is 45.7. The van der Waals surface area contributed by atoms with Crippen molar-refractivity contribution in [3.63, 3.8) is 0 Å². The zero-order valence-corrected chi connectivity index (χ0v) is 23.6. The van der Waals surface area contributed by atoms with Crippen LogP contribution in [0, 0.1) is 0 Å². The SMILES string of the molecule is c1ccc(-c2cc3cccnc3c3nc4c(cc23)-c2ccc(-c3c5ccccc5cc5ccccc35)c3cccc-4c23)nc1. The number of aromatic nitrogens is 3. The van der Waals surface area contributed by atoms with E-state index in [4.69, 9.17) is 15.0 Å². The second-order valence-electron chi connectivity index (χ2n) is 11.6. The van der Waals surface area contributed by atoms with Gasteiger partial charge in [0.15, 0.2) is 0 Å². The summed E-state index contributed by atoms with van der Waals surface area (Å²) < 4.78 is 0. The second-order valence-corrected chi connectivity index (χ2v) is 11.6. The van der Waals surface area contributed by atoms with E-state index in [9.17, 15) is 0 Å². The largest absolute Gasteiger partial charge is 0.256 e. The molecule has 0 bridgehead atoms. The van der Waals surface area contributed by atoms with Gasteiger partial charge in [0, 0.05) is 39.9 Å². The summed E-state index contributed by atoms with van der Waals surface area (Å²) in [6.07, 6.45) is 3.71. The molecule has 44 heavy (non-hydrogen) atoms. The van der Waals surface area contributed by atoms with E-state index >= 15 is 0 Å². The van der Waals surface area contributed by atoms with E-state index in [1.54, 1.807) is 0 Å². The Kier molecular flexibility index (Phi) is 4.72. The molecule has 3 heteroatoms. The molecule has 0 atom stereocenters. The Balaban J connectivity index is 1.31. The van der Waals surface area contributed by atoms with Crippen LogP contribution in [0.15, 0.2) is 140 Å². The van der Waals surface area contributed by atoms with Crippen LogP contribution in [0.3, 0.4) is 0 Å². The van der Waals surface area contributed by atoms with Gasteiger partial charge in [-0.15, -0.1) is 0 Å². The fraction of sp³-hybridized carbons (Fsp3) is 0. The lowest BCUT2D eigenvalue weighted by Gasteiger charge is -2.15. The Bertz CT molecular complexity index is 2600. The van der Waals surface area contributed by atoms with Crippen molar-refractivity contribution in [2.24, 2.45) is 0 Å². The molecule has 0 spiro atoms. The Labute approximate surface area is 253 Å². The maximum absolute atomic E-state index is 5.42. The number of hydrogen-bond acceptors (Lipinski definition) is 3. The Morgan fingerprint density at radius 2 is 1.11 bits per heavy atom. The van der Waals surface area contributed by atoms with Crippen LogP contribution < -0.4 is 0 Å². The van der Waals surface area contributed by atoms with E-state index in [2.05, 4.69) is 109 Å². The third-order valence-electron chi connectivity index (χ3n) is 9.24. The summed E-state index contributed by atoms with van der Waals surface area (Å²) in [5, 5.41) is 9.68. The minimum absolute atomic E-state index is 0.910. The van der Waals surface area contributed by atoms with E-state index < -0.39 is 0 Å². The highest BCUT2D eigenvalue weighted by Crippen LogP contribution is 2.51. The normalized spacial score (nSPS) is 12.1. The van der Waals surface area contributed by atoms with Crippen LogP contribution in [-0.2, 0) is 0 Å². The van der Waals surface area contributed by atoms with Gasteiger partial charge < -0.3 is 0 Å². The molecule has 3 nitrogen and oxygen atoms in total. The van der Waals surface area contributed by atoms with Gasteiger partial charge in [-0.25, -0.2) is 4.98 Å². The van der Waals surface area contributed by atoms with E-state index in [1.807, 2.05) is 30.6 Å². The number of fused-ring (bicyclic) bond motifs is 8. The average Bonchev–Trinajstić information content (AvgIpc) is 3.40. The van der Waals surface area contributed by atoms with E-state index in [0.29, 0.717) is 0 Å². The first-order valence-corrected chi connectivity index (χ1v) is 14.9. The van der Waals surface area contributed by atoms with Gasteiger partial charge >= 0.3 is 0 Å². The predicted molar refractivity (Wildman–Crippen MR) is 183 cm³/mol. The number of benzene rings is 6. The monoisotopic (exact) mass is 557 g/mol. The van der Waals surface area contributed by atoms with Crippen molar-refractivity contribution >= 4 is 54.1 Å². The zero-order valence-electron chi connectivity index (χ0n) is 23.6. The first-order chi connectivity index (χ1) is 21.8. The van der Waals surface area contributed by atoms with Crippen LogP contribution in [0.4, 0.5) is 0 Å². The van der Waals surface area contributed by atoms with Gasteiger partial charge in [0.2, 0.25) is 0 Å². The highest BCUT2D eigenvalue weighted by atomic mass is 14.8. The first kappa shape index (κ1) is 23.6. The molecule has 1 aliphatic carbocycles. The maximum atomic E-state index is 5.42. The van der Waals surface area contributed by atoms with Crippen molar-refractivity contribution in [3.8, 4) is 44.8 Å². The maximum Gasteiger partial charge on any atom is 0.0979 e. The number of pyridine rings is 3. The molecule has 0 saturated heterocycles. The van der Waals surface area contributed by atoms with Crippen LogP contribution >= 0.6 is 0 Å². The Hall–Kier alpha value is -5.93. The number of hydrogen-bond donors (Lipinski definition) is 0. The summed E-state index contributed by atoms with van der Waals surface area (Å²) in [4.78, 5) is 14.9.